The molecule has 2 aromatic heterocycles. The number of carbonyl (C=O) groups is 2. The number of rotatable bonds is 4. The Hall–Kier alpha value is -2.08. The van der Waals surface area contributed by atoms with Crippen LogP contribution in [0.15, 0.2) is 24.5 Å². The van der Waals surface area contributed by atoms with Crippen LogP contribution in [-0.2, 0) is 6.42 Å². The number of nitrogens with zero attached hydrogens (tertiary/aromatic N) is 2. The lowest BCUT2D eigenvalue weighted by Crippen LogP contribution is -2.03. The molecule has 2 rings (SSSR count). The number of carboxylic acids is 1. The van der Waals surface area contributed by atoms with Crippen LogP contribution in [0.2, 0.25) is 0 Å². The maximum atomic E-state index is 11.3. The molecule has 0 aliphatic heterocycles. The van der Waals surface area contributed by atoms with Crippen LogP contribution in [0.1, 0.15) is 37.7 Å². The highest BCUT2D eigenvalue weighted by molar-refractivity contribution is 7.14. The average Bonchev–Trinajstić information content (AvgIpc) is 2.74. The van der Waals surface area contributed by atoms with E-state index in [1.807, 2.05) is 12.1 Å². The van der Waals surface area contributed by atoms with E-state index in [0.717, 1.165) is 16.9 Å². The molecule has 2 heterocycles. The van der Waals surface area contributed by atoms with E-state index < -0.39 is 5.97 Å². The van der Waals surface area contributed by atoms with Crippen molar-refractivity contribution in [1.82, 2.24) is 9.97 Å². The second-order valence-corrected chi connectivity index (χ2v) is 4.76. The van der Waals surface area contributed by atoms with Crippen LogP contribution in [0, 0.1) is 0 Å². The Balaban J connectivity index is 2.33. The van der Waals surface area contributed by atoms with Crippen molar-refractivity contribution in [3.63, 3.8) is 0 Å². The summed E-state index contributed by atoms with van der Waals surface area (Å²) >= 11 is 1.13. The summed E-state index contributed by atoms with van der Waals surface area (Å²) in [5.74, 6) is -1.44. The van der Waals surface area contributed by atoms with Gasteiger partial charge in [0, 0.05) is 25.7 Å². The predicted octanol–water partition coefficient (Wildman–Crippen LogP) is 2.03. The number of Topliss-reactive ketones (excluding diaryl/α,β-unsaturated/α-hetero) is 1. The molecule has 0 unspecified atom stereocenters. The third-order valence-electron chi connectivity index (χ3n) is 2.30. The molecular formula is C12H10N2O3S. The zero-order valence-corrected chi connectivity index (χ0v) is 10.4. The Labute approximate surface area is 107 Å². The van der Waals surface area contributed by atoms with Gasteiger partial charge < -0.3 is 5.11 Å². The highest BCUT2D eigenvalue weighted by Gasteiger charge is 2.20. The number of hydrogen-bond donors (Lipinski definition) is 1. The first-order chi connectivity index (χ1) is 8.58. The first-order valence-corrected chi connectivity index (χ1v) is 6.02. The number of aromatic carboxylic acids is 1. The zero-order valence-electron chi connectivity index (χ0n) is 9.58. The topological polar surface area (TPSA) is 80.2 Å². The van der Waals surface area contributed by atoms with E-state index >= 15 is 0 Å². The molecule has 6 heteroatoms. The van der Waals surface area contributed by atoms with Gasteiger partial charge in [-0.15, -0.1) is 11.3 Å². The van der Waals surface area contributed by atoms with Gasteiger partial charge in [0.15, 0.2) is 11.5 Å². The molecule has 0 aliphatic rings. The van der Waals surface area contributed by atoms with Crippen LogP contribution >= 0.6 is 11.3 Å². The van der Waals surface area contributed by atoms with Crippen LogP contribution in [0.3, 0.4) is 0 Å². The van der Waals surface area contributed by atoms with Crippen molar-refractivity contribution >= 4 is 23.1 Å². The first kappa shape index (κ1) is 12.4. The Bertz CT molecular complexity index is 561. The highest BCUT2D eigenvalue weighted by Crippen LogP contribution is 2.21. The molecule has 0 bridgehead atoms. The summed E-state index contributed by atoms with van der Waals surface area (Å²) in [4.78, 5) is 30.4. The fourth-order valence-electron chi connectivity index (χ4n) is 1.50. The SMILES string of the molecule is CC(=O)c1sc(Cc2ccncc2)nc1C(=O)O. The normalized spacial score (nSPS) is 10.3. The fourth-order valence-corrected chi connectivity index (χ4v) is 2.48. The van der Waals surface area contributed by atoms with Gasteiger partial charge in [0.1, 0.15) is 4.88 Å². The molecule has 0 fully saturated rings. The average molecular weight is 262 g/mol. The molecule has 18 heavy (non-hydrogen) atoms. The molecule has 0 amide bonds. The lowest BCUT2D eigenvalue weighted by atomic mass is 10.2. The minimum Gasteiger partial charge on any atom is -0.476 e. The molecule has 0 spiro atoms. The molecule has 0 atom stereocenters. The molecule has 0 radical (unpaired) electrons. The molecule has 0 saturated carbocycles. The van der Waals surface area contributed by atoms with Crippen molar-refractivity contribution in [2.75, 3.05) is 0 Å². The van der Waals surface area contributed by atoms with Crippen molar-refractivity contribution in [3.05, 3.63) is 45.7 Å². The molecule has 0 aliphatic carbocycles. The van der Waals surface area contributed by atoms with Crippen molar-refractivity contribution in [1.29, 1.82) is 0 Å². The minimum absolute atomic E-state index is 0.156. The van der Waals surface area contributed by atoms with Gasteiger partial charge in [0.25, 0.3) is 0 Å². The van der Waals surface area contributed by atoms with Crippen molar-refractivity contribution in [3.8, 4) is 0 Å². The Morgan fingerprint density at radius 1 is 1.33 bits per heavy atom. The van der Waals surface area contributed by atoms with Gasteiger partial charge in [-0.05, 0) is 17.7 Å². The molecule has 0 saturated heterocycles. The fraction of sp³-hybridized carbons (Fsp3) is 0.167. The molecule has 92 valence electrons. The smallest absolute Gasteiger partial charge is 0.356 e. The Morgan fingerprint density at radius 3 is 2.50 bits per heavy atom. The van der Waals surface area contributed by atoms with E-state index in [1.165, 1.54) is 6.92 Å². The van der Waals surface area contributed by atoms with Crippen LogP contribution in [0.4, 0.5) is 0 Å². The van der Waals surface area contributed by atoms with E-state index in [2.05, 4.69) is 9.97 Å². The van der Waals surface area contributed by atoms with Crippen LogP contribution in [0.5, 0.6) is 0 Å². The summed E-state index contributed by atoms with van der Waals surface area (Å²) in [6, 6.07) is 3.66. The zero-order chi connectivity index (χ0) is 13.1. The van der Waals surface area contributed by atoms with Crippen molar-refractivity contribution < 1.29 is 14.7 Å². The second-order valence-electron chi connectivity index (χ2n) is 3.68. The maximum absolute atomic E-state index is 11.3. The predicted molar refractivity (Wildman–Crippen MR) is 66.1 cm³/mol. The van der Waals surface area contributed by atoms with Crippen molar-refractivity contribution in [2.24, 2.45) is 0 Å². The van der Waals surface area contributed by atoms with Crippen molar-refractivity contribution in [2.45, 2.75) is 13.3 Å². The summed E-state index contributed by atoms with van der Waals surface area (Å²) < 4.78 is 0. The Kier molecular flexibility index (Phi) is 3.47. The van der Waals surface area contributed by atoms with E-state index in [4.69, 9.17) is 5.11 Å². The standard InChI is InChI=1S/C12H10N2O3S/c1-7(15)11-10(12(16)17)14-9(18-11)6-8-2-4-13-5-3-8/h2-5H,6H2,1H3,(H,16,17). The summed E-state index contributed by atoms with van der Waals surface area (Å²) in [6.45, 7) is 1.34. The van der Waals surface area contributed by atoms with Crippen LogP contribution < -0.4 is 0 Å². The van der Waals surface area contributed by atoms with Gasteiger partial charge >= 0.3 is 5.97 Å². The highest BCUT2D eigenvalue weighted by atomic mass is 32.1. The lowest BCUT2D eigenvalue weighted by molar-refractivity contribution is 0.0687. The first-order valence-electron chi connectivity index (χ1n) is 5.20. The maximum Gasteiger partial charge on any atom is 0.356 e. The van der Waals surface area contributed by atoms with Gasteiger partial charge in [0.2, 0.25) is 0 Å². The summed E-state index contributed by atoms with van der Waals surface area (Å²) in [5, 5.41) is 9.59. The third-order valence-corrected chi connectivity index (χ3v) is 3.45. The Morgan fingerprint density at radius 2 is 2.00 bits per heavy atom. The van der Waals surface area contributed by atoms with E-state index in [-0.39, 0.29) is 16.4 Å². The number of thiazole rings is 1. The van der Waals surface area contributed by atoms with E-state index in [9.17, 15) is 9.59 Å². The number of hydrogen-bond acceptors (Lipinski definition) is 5. The third kappa shape index (κ3) is 2.60. The summed E-state index contributed by atoms with van der Waals surface area (Å²) in [5.41, 5.74) is 0.822. The largest absolute Gasteiger partial charge is 0.476 e. The number of pyridine rings is 1. The summed E-state index contributed by atoms with van der Waals surface area (Å²) in [7, 11) is 0. The van der Waals surface area contributed by atoms with Gasteiger partial charge in [0.05, 0.1) is 5.01 Å². The lowest BCUT2D eigenvalue weighted by Gasteiger charge is -1.95. The second kappa shape index (κ2) is 5.05. The van der Waals surface area contributed by atoms with Gasteiger partial charge in [-0.1, -0.05) is 0 Å². The number of carbonyl (C=O) groups excluding carboxylic acids is 1. The van der Waals surface area contributed by atoms with Gasteiger partial charge in [-0.25, -0.2) is 9.78 Å². The molecule has 1 N–H and O–H groups in total. The van der Waals surface area contributed by atoms with Crippen LogP contribution in [-0.4, -0.2) is 26.8 Å². The molecule has 0 aromatic carbocycles. The molecule has 5 nitrogen and oxygen atoms in total. The monoisotopic (exact) mass is 262 g/mol. The number of carboxylic acid groups (broad SMARTS) is 1. The van der Waals surface area contributed by atoms with E-state index in [0.29, 0.717) is 11.4 Å². The molecule has 2 aromatic rings. The van der Waals surface area contributed by atoms with Gasteiger partial charge in [-0.2, -0.15) is 0 Å². The number of aromatic nitrogens is 2. The molecular weight excluding hydrogens is 252 g/mol. The van der Waals surface area contributed by atoms with E-state index in [1.54, 1.807) is 12.4 Å². The van der Waals surface area contributed by atoms with Crippen LogP contribution in [0.25, 0.3) is 0 Å². The number of ketones is 1. The quantitative estimate of drug-likeness (QED) is 0.853. The minimum atomic E-state index is -1.17. The summed E-state index contributed by atoms with van der Waals surface area (Å²) in [6.07, 6.45) is 3.82. The van der Waals surface area contributed by atoms with Gasteiger partial charge in [-0.3, -0.25) is 9.78 Å².